The molecule has 28 heavy (non-hydrogen) atoms. The Bertz CT molecular complexity index is 1040. The van der Waals surface area contributed by atoms with Gasteiger partial charge in [0, 0.05) is 29.7 Å². The Morgan fingerprint density at radius 3 is 2.36 bits per heavy atom. The van der Waals surface area contributed by atoms with E-state index in [0.717, 1.165) is 16.4 Å². The molecule has 11 heteroatoms. The van der Waals surface area contributed by atoms with Gasteiger partial charge in [0.25, 0.3) is 5.91 Å². The lowest BCUT2D eigenvalue weighted by atomic mass is 10.2. The van der Waals surface area contributed by atoms with E-state index in [9.17, 15) is 22.3 Å². The van der Waals surface area contributed by atoms with Gasteiger partial charge in [-0.05, 0) is 36.4 Å². The lowest BCUT2D eigenvalue weighted by Gasteiger charge is -2.21. The van der Waals surface area contributed by atoms with E-state index in [2.05, 4.69) is 10.3 Å². The molecule has 3 aromatic rings. The van der Waals surface area contributed by atoms with E-state index in [1.807, 2.05) is 0 Å². The van der Waals surface area contributed by atoms with Crippen molar-refractivity contribution in [1.29, 1.82) is 0 Å². The maximum Gasteiger partial charge on any atom is 0.273 e. The monoisotopic (exact) mass is 407 g/mol. The number of benzene rings is 2. The minimum Gasteiger partial charge on any atom is -0.755 e. The van der Waals surface area contributed by atoms with Gasteiger partial charge >= 0.3 is 0 Å². The van der Waals surface area contributed by atoms with Crippen LogP contribution in [0.3, 0.4) is 0 Å². The highest BCUT2D eigenvalue weighted by Gasteiger charge is 2.23. The van der Waals surface area contributed by atoms with Crippen LogP contribution < -0.4 is 15.4 Å². The third-order valence-electron chi connectivity index (χ3n) is 3.75. The van der Waals surface area contributed by atoms with Gasteiger partial charge in [-0.25, -0.2) is 13.8 Å². The summed E-state index contributed by atoms with van der Waals surface area (Å²) in [4.78, 5) is 15.4. The second-order valence-electron chi connectivity index (χ2n) is 5.54. The number of anilines is 3. The maximum atomic E-state index is 14.0. The van der Waals surface area contributed by atoms with E-state index in [4.69, 9.17) is 10.2 Å². The van der Waals surface area contributed by atoms with Crippen molar-refractivity contribution in [3.63, 3.8) is 0 Å². The molecule has 3 N–H and O–H groups in total. The summed E-state index contributed by atoms with van der Waals surface area (Å²) in [5.41, 5.74) is 5.17. The van der Waals surface area contributed by atoms with Crippen LogP contribution in [0, 0.1) is 11.6 Å². The van der Waals surface area contributed by atoms with Gasteiger partial charge in [-0.1, -0.05) is 6.07 Å². The molecule has 0 saturated heterocycles. The summed E-state index contributed by atoms with van der Waals surface area (Å²) < 4.78 is 56.2. The molecular formula is C17H13F2N4O4S-. The smallest absolute Gasteiger partial charge is 0.273 e. The van der Waals surface area contributed by atoms with Gasteiger partial charge < -0.3 is 24.3 Å². The molecule has 8 nitrogen and oxygen atoms in total. The molecule has 0 radical (unpaired) electrons. The Morgan fingerprint density at radius 1 is 1.21 bits per heavy atom. The largest absolute Gasteiger partial charge is 0.755 e. The average molecular weight is 407 g/mol. The van der Waals surface area contributed by atoms with Crippen LogP contribution in [-0.2, 0) is 11.3 Å². The molecule has 0 bridgehead atoms. The number of nitrogens with zero attached hydrogens (tertiary/aromatic N) is 2. The van der Waals surface area contributed by atoms with Crippen LogP contribution >= 0.6 is 0 Å². The van der Waals surface area contributed by atoms with Crippen molar-refractivity contribution in [3.8, 4) is 11.5 Å². The molecule has 0 saturated carbocycles. The molecule has 1 aromatic heterocycles. The van der Waals surface area contributed by atoms with E-state index in [1.54, 1.807) is 0 Å². The van der Waals surface area contributed by atoms with Gasteiger partial charge in [0.2, 0.25) is 11.8 Å². The topological polar surface area (TPSA) is 125 Å². The number of hydrogen-bond acceptors (Lipinski definition) is 6. The summed E-state index contributed by atoms with van der Waals surface area (Å²) in [6.45, 7) is 0. The number of hydrogen-bond donors (Lipinski definition) is 2. The standard InChI is InChI=1S/C17H14F2N4O4S/c1-23(28(25)26)10-7-5-9(6-8-10)21-17-14(15(20)24)22-16(27-17)13-11(18)3-2-4-12(13)19/h2-8,21H,1H3,(H2,20,24)(H,25,26)/p-1. The molecule has 3 rings (SSSR count). The molecule has 1 amide bonds. The summed E-state index contributed by atoms with van der Waals surface area (Å²) in [7, 11) is 1.36. The third kappa shape index (κ3) is 3.85. The van der Waals surface area contributed by atoms with Gasteiger partial charge in [0.15, 0.2) is 5.69 Å². The van der Waals surface area contributed by atoms with Gasteiger partial charge in [0.1, 0.15) is 17.2 Å². The van der Waals surface area contributed by atoms with Crippen LogP contribution in [-0.4, -0.2) is 26.7 Å². The van der Waals surface area contributed by atoms with Crippen LogP contribution in [0.1, 0.15) is 10.5 Å². The average Bonchev–Trinajstić information content (AvgIpc) is 3.05. The number of carbonyl (C=O) groups is 1. The fourth-order valence-corrected chi connectivity index (χ4v) is 2.65. The number of carbonyl (C=O) groups excluding carboxylic acids is 1. The molecule has 1 atom stereocenters. The zero-order chi connectivity index (χ0) is 20.4. The lowest BCUT2D eigenvalue weighted by Crippen LogP contribution is -2.19. The first kappa shape index (κ1) is 19.5. The third-order valence-corrected chi connectivity index (χ3v) is 4.41. The Labute approximate surface area is 160 Å². The molecule has 0 aliphatic rings. The van der Waals surface area contributed by atoms with Crippen molar-refractivity contribution in [2.45, 2.75) is 0 Å². The molecule has 146 valence electrons. The Morgan fingerprint density at radius 2 is 1.82 bits per heavy atom. The number of nitrogens with one attached hydrogen (secondary N) is 1. The zero-order valence-corrected chi connectivity index (χ0v) is 15.1. The van der Waals surface area contributed by atoms with Gasteiger partial charge in [-0.15, -0.1) is 0 Å². The quantitative estimate of drug-likeness (QED) is 0.606. The Balaban J connectivity index is 1.95. The van der Waals surface area contributed by atoms with Crippen LogP contribution in [0.4, 0.5) is 26.0 Å². The molecule has 0 fully saturated rings. The van der Waals surface area contributed by atoms with Crippen molar-refractivity contribution in [2.24, 2.45) is 5.73 Å². The highest BCUT2D eigenvalue weighted by Crippen LogP contribution is 2.31. The van der Waals surface area contributed by atoms with Crippen LogP contribution in [0.5, 0.6) is 0 Å². The number of oxazole rings is 1. The zero-order valence-electron chi connectivity index (χ0n) is 14.3. The fourth-order valence-electron chi connectivity index (χ4n) is 2.35. The van der Waals surface area contributed by atoms with Crippen LogP contribution in [0.25, 0.3) is 11.5 Å². The Hall–Kier alpha value is -3.31. The van der Waals surface area contributed by atoms with Crippen LogP contribution in [0.2, 0.25) is 0 Å². The molecule has 2 aromatic carbocycles. The molecule has 0 aliphatic heterocycles. The van der Waals surface area contributed by atoms with E-state index in [0.29, 0.717) is 11.4 Å². The molecule has 1 unspecified atom stereocenters. The SMILES string of the molecule is CN(c1ccc(Nc2oc(-c3c(F)cccc3F)nc2C(N)=O)cc1)S(=O)[O-]. The summed E-state index contributed by atoms with van der Waals surface area (Å²) >= 11 is -2.44. The van der Waals surface area contributed by atoms with Gasteiger partial charge in [-0.2, -0.15) is 0 Å². The van der Waals surface area contributed by atoms with Gasteiger partial charge in [0.05, 0.1) is 0 Å². The van der Waals surface area contributed by atoms with E-state index >= 15 is 0 Å². The van der Waals surface area contributed by atoms with Crippen molar-refractivity contribution in [3.05, 3.63) is 59.8 Å². The van der Waals surface area contributed by atoms with Crippen molar-refractivity contribution < 1.29 is 26.8 Å². The summed E-state index contributed by atoms with van der Waals surface area (Å²) in [6.07, 6.45) is 0. The predicted molar refractivity (Wildman–Crippen MR) is 97.4 cm³/mol. The molecule has 0 spiro atoms. The second-order valence-corrected chi connectivity index (χ2v) is 6.53. The van der Waals surface area contributed by atoms with Crippen molar-refractivity contribution in [2.75, 3.05) is 16.7 Å². The number of aromatic nitrogens is 1. The number of amides is 1. The first-order valence-electron chi connectivity index (χ1n) is 7.73. The number of halogens is 2. The number of rotatable bonds is 6. The number of primary amides is 1. The summed E-state index contributed by atoms with van der Waals surface area (Å²) in [6, 6.07) is 9.24. The molecular weight excluding hydrogens is 394 g/mol. The van der Waals surface area contributed by atoms with E-state index < -0.39 is 40.3 Å². The Kier molecular flexibility index (Phi) is 5.38. The number of nitrogens with two attached hydrogens (primary N) is 1. The lowest BCUT2D eigenvalue weighted by molar-refractivity contribution is 0.0996. The summed E-state index contributed by atoms with van der Waals surface area (Å²) in [5, 5.41) is 2.73. The first-order valence-corrected chi connectivity index (χ1v) is 8.76. The fraction of sp³-hybridized carbons (Fsp3) is 0.0588. The summed E-state index contributed by atoms with van der Waals surface area (Å²) in [5.74, 6) is -3.46. The first-order chi connectivity index (χ1) is 13.3. The predicted octanol–water partition coefficient (Wildman–Crippen LogP) is 2.69. The highest BCUT2D eigenvalue weighted by molar-refractivity contribution is 7.80. The minimum atomic E-state index is -2.44. The minimum absolute atomic E-state index is 0.210. The maximum absolute atomic E-state index is 14.0. The molecule has 0 aliphatic carbocycles. The van der Waals surface area contributed by atoms with Crippen molar-refractivity contribution in [1.82, 2.24) is 4.98 Å². The second kappa shape index (κ2) is 7.74. The van der Waals surface area contributed by atoms with Crippen LogP contribution in [0.15, 0.2) is 46.9 Å². The molecule has 1 heterocycles. The highest BCUT2D eigenvalue weighted by atomic mass is 32.2. The van der Waals surface area contributed by atoms with E-state index in [-0.39, 0.29) is 11.6 Å². The van der Waals surface area contributed by atoms with Gasteiger partial charge in [-0.3, -0.25) is 9.00 Å². The van der Waals surface area contributed by atoms with Crippen molar-refractivity contribution >= 4 is 34.4 Å². The normalized spacial score (nSPS) is 11.9. The van der Waals surface area contributed by atoms with E-state index in [1.165, 1.54) is 37.4 Å².